The van der Waals surface area contributed by atoms with Crippen LogP contribution < -0.4 is 20.1 Å². The van der Waals surface area contributed by atoms with Gasteiger partial charge in [-0.15, -0.1) is 0 Å². The predicted octanol–water partition coefficient (Wildman–Crippen LogP) is 3.67. The van der Waals surface area contributed by atoms with Crippen molar-refractivity contribution in [3.8, 4) is 11.5 Å². The number of amides is 2. The van der Waals surface area contributed by atoms with Crippen LogP contribution in [0.2, 0.25) is 0 Å². The summed E-state index contributed by atoms with van der Waals surface area (Å²) in [6.07, 6.45) is 0. The zero-order chi connectivity index (χ0) is 24.3. The summed E-state index contributed by atoms with van der Waals surface area (Å²) in [4.78, 5) is 27.2. The van der Waals surface area contributed by atoms with E-state index < -0.39 is 0 Å². The van der Waals surface area contributed by atoms with E-state index in [4.69, 9.17) is 14.2 Å². The van der Waals surface area contributed by atoms with Crippen molar-refractivity contribution in [3.63, 3.8) is 0 Å². The molecule has 182 valence electrons. The molecule has 3 aromatic rings. The highest BCUT2D eigenvalue weighted by molar-refractivity contribution is 6.06. The molecule has 0 spiro atoms. The van der Waals surface area contributed by atoms with Crippen molar-refractivity contribution >= 4 is 23.2 Å². The summed E-state index contributed by atoms with van der Waals surface area (Å²) >= 11 is 0. The number of anilines is 2. The maximum absolute atomic E-state index is 12.9. The molecule has 8 nitrogen and oxygen atoms in total. The van der Waals surface area contributed by atoms with Crippen molar-refractivity contribution in [1.82, 2.24) is 4.90 Å². The largest absolute Gasteiger partial charge is 0.490 e. The number of benzene rings is 3. The van der Waals surface area contributed by atoms with E-state index in [0.717, 1.165) is 18.8 Å². The van der Waals surface area contributed by atoms with Gasteiger partial charge in [0.05, 0.1) is 25.3 Å². The lowest BCUT2D eigenvalue weighted by Gasteiger charge is -2.25. The van der Waals surface area contributed by atoms with E-state index in [1.165, 1.54) is 0 Å². The van der Waals surface area contributed by atoms with Crippen molar-refractivity contribution in [3.05, 3.63) is 84.4 Å². The quantitative estimate of drug-likeness (QED) is 0.435. The van der Waals surface area contributed by atoms with E-state index >= 15 is 0 Å². The van der Waals surface area contributed by atoms with Crippen LogP contribution in [0.5, 0.6) is 11.5 Å². The minimum absolute atomic E-state index is 0.0778. The van der Waals surface area contributed by atoms with E-state index in [0.29, 0.717) is 55.7 Å². The molecular formula is C27H29N3O5. The summed E-state index contributed by atoms with van der Waals surface area (Å²) in [5, 5.41) is 5.76. The Balaban J connectivity index is 1.27. The molecule has 0 radical (unpaired) electrons. The molecule has 0 bridgehead atoms. The summed E-state index contributed by atoms with van der Waals surface area (Å²) in [5.74, 6) is 0.885. The van der Waals surface area contributed by atoms with E-state index in [1.54, 1.807) is 42.5 Å². The molecule has 1 fully saturated rings. The van der Waals surface area contributed by atoms with Crippen LogP contribution in [0.15, 0.2) is 78.9 Å². The van der Waals surface area contributed by atoms with Crippen molar-refractivity contribution in [2.75, 3.05) is 56.7 Å². The molecule has 35 heavy (non-hydrogen) atoms. The lowest BCUT2D eigenvalue weighted by Crippen LogP contribution is -2.41. The van der Waals surface area contributed by atoms with Gasteiger partial charge < -0.3 is 24.8 Å². The number of nitrogens with one attached hydrogen (secondary N) is 2. The Hall–Kier alpha value is -3.88. The molecule has 0 saturated carbocycles. The second-order valence-electron chi connectivity index (χ2n) is 7.97. The van der Waals surface area contributed by atoms with Crippen molar-refractivity contribution in [2.24, 2.45) is 0 Å². The SMILES string of the molecule is O=C(CN1CCOCC1)Nc1ccc(NC(=O)c2ccccc2OCCOc2ccccc2)cc1. The van der Waals surface area contributed by atoms with Gasteiger partial charge in [-0.1, -0.05) is 30.3 Å². The van der Waals surface area contributed by atoms with E-state index in [-0.39, 0.29) is 11.8 Å². The number of hydrogen-bond donors (Lipinski definition) is 2. The molecule has 0 aromatic heterocycles. The number of para-hydroxylation sites is 2. The first-order valence-corrected chi connectivity index (χ1v) is 11.6. The van der Waals surface area contributed by atoms with Crippen LogP contribution in [0, 0.1) is 0 Å². The van der Waals surface area contributed by atoms with Crippen LogP contribution in [-0.2, 0) is 9.53 Å². The van der Waals surface area contributed by atoms with Crippen LogP contribution in [0.1, 0.15) is 10.4 Å². The maximum atomic E-state index is 12.9. The van der Waals surface area contributed by atoms with Gasteiger partial charge in [-0.3, -0.25) is 14.5 Å². The van der Waals surface area contributed by atoms with Crippen LogP contribution in [0.3, 0.4) is 0 Å². The molecule has 1 heterocycles. The van der Waals surface area contributed by atoms with Crippen LogP contribution in [-0.4, -0.2) is 62.8 Å². The van der Waals surface area contributed by atoms with Crippen molar-refractivity contribution in [2.45, 2.75) is 0 Å². The number of carbonyl (C=O) groups excluding carboxylic acids is 2. The zero-order valence-electron chi connectivity index (χ0n) is 19.4. The van der Waals surface area contributed by atoms with Gasteiger partial charge >= 0.3 is 0 Å². The first-order chi connectivity index (χ1) is 17.2. The number of hydrogen-bond acceptors (Lipinski definition) is 6. The Labute approximate surface area is 204 Å². The average molecular weight is 476 g/mol. The molecule has 0 atom stereocenters. The number of nitrogens with zero attached hydrogens (tertiary/aromatic N) is 1. The van der Waals surface area contributed by atoms with Gasteiger partial charge in [0.2, 0.25) is 5.91 Å². The van der Waals surface area contributed by atoms with Gasteiger partial charge in [0.1, 0.15) is 24.7 Å². The number of rotatable bonds is 10. The molecular weight excluding hydrogens is 446 g/mol. The smallest absolute Gasteiger partial charge is 0.259 e. The Morgan fingerprint density at radius 3 is 2.14 bits per heavy atom. The summed E-state index contributed by atoms with van der Waals surface area (Å²) in [7, 11) is 0. The van der Waals surface area contributed by atoms with Gasteiger partial charge in [-0.25, -0.2) is 0 Å². The molecule has 8 heteroatoms. The third kappa shape index (κ3) is 7.56. The number of ether oxygens (including phenoxy) is 3. The lowest BCUT2D eigenvalue weighted by atomic mass is 10.2. The van der Waals surface area contributed by atoms with E-state index in [1.807, 2.05) is 36.4 Å². The maximum Gasteiger partial charge on any atom is 0.259 e. The predicted molar refractivity (Wildman–Crippen MR) is 134 cm³/mol. The molecule has 0 unspecified atom stereocenters. The molecule has 1 aliphatic rings. The van der Waals surface area contributed by atoms with Crippen molar-refractivity contribution < 1.29 is 23.8 Å². The highest BCUT2D eigenvalue weighted by Gasteiger charge is 2.15. The highest BCUT2D eigenvalue weighted by Crippen LogP contribution is 2.21. The second-order valence-corrected chi connectivity index (χ2v) is 7.97. The Kier molecular flexibility index (Phi) is 8.69. The molecule has 4 rings (SSSR count). The van der Waals surface area contributed by atoms with Gasteiger partial charge in [0, 0.05) is 24.5 Å². The monoisotopic (exact) mass is 475 g/mol. The Bertz CT molecular complexity index is 1100. The first-order valence-electron chi connectivity index (χ1n) is 11.6. The summed E-state index contributed by atoms with van der Waals surface area (Å²) < 4.78 is 16.7. The molecule has 1 aliphatic heterocycles. The molecule has 0 aliphatic carbocycles. The van der Waals surface area contributed by atoms with E-state index in [9.17, 15) is 9.59 Å². The average Bonchev–Trinajstić information content (AvgIpc) is 2.89. The van der Waals surface area contributed by atoms with Crippen molar-refractivity contribution in [1.29, 1.82) is 0 Å². The van der Waals surface area contributed by atoms with E-state index in [2.05, 4.69) is 15.5 Å². The van der Waals surface area contributed by atoms with Crippen LogP contribution in [0.25, 0.3) is 0 Å². The third-order valence-corrected chi connectivity index (χ3v) is 5.38. The fraction of sp³-hybridized carbons (Fsp3) is 0.259. The minimum atomic E-state index is -0.284. The van der Waals surface area contributed by atoms with Crippen LogP contribution in [0.4, 0.5) is 11.4 Å². The summed E-state index contributed by atoms with van der Waals surface area (Å²) in [6.45, 7) is 3.80. The van der Waals surface area contributed by atoms with Gasteiger partial charge in [-0.2, -0.15) is 0 Å². The fourth-order valence-corrected chi connectivity index (χ4v) is 3.61. The summed E-state index contributed by atoms with van der Waals surface area (Å²) in [5.41, 5.74) is 1.71. The van der Waals surface area contributed by atoms with Gasteiger partial charge in [0.15, 0.2) is 0 Å². The highest BCUT2D eigenvalue weighted by atomic mass is 16.5. The minimum Gasteiger partial charge on any atom is -0.490 e. The molecule has 2 N–H and O–H groups in total. The fourth-order valence-electron chi connectivity index (χ4n) is 3.61. The number of carbonyl (C=O) groups is 2. The molecule has 3 aromatic carbocycles. The Morgan fingerprint density at radius 1 is 0.771 bits per heavy atom. The lowest BCUT2D eigenvalue weighted by molar-refractivity contribution is -0.118. The third-order valence-electron chi connectivity index (χ3n) is 5.38. The second kappa shape index (κ2) is 12.5. The standard InChI is InChI=1S/C27H29N3O5/c31-26(20-30-14-16-33-17-15-30)28-21-10-12-22(13-11-21)29-27(32)24-8-4-5-9-25(24)35-19-18-34-23-6-2-1-3-7-23/h1-13H,14-20H2,(H,28,31)(H,29,32). The zero-order valence-corrected chi connectivity index (χ0v) is 19.4. The molecule has 1 saturated heterocycles. The van der Waals surface area contributed by atoms with Gasteiger partial charge in [-0.05, 0) is 48.5 Å². The topological polar surface area (TPSA) is 89.1 Å². The molecule has 2 amide bonds. The first kappa shape index (κ1) is 24.3. The van der Waals surface area contributed by atoms with Crippen LogP contribution >= 0.6 is 0 Å². The van der Waals surface area contributed by atoms with Gasteiger partial charge in [0.25, 0.3) is 5.91 Å². The summed E-state index contributed by atoms with van der Waals surface area (Å²) in [6, 6.07) is 23.6. The normalized spacial score (nSPS) is 13.6. The Morgan fingerprint density at radius 2 is 1.40 bits per heavy atom. The number of morpholine rings is 1.